The third-order valence-corrected chi connectivity index (χ3v) is 2.52. The maximum absolute atomic E-state index is 11.6. The summed E-state index contributed by atoms with van der Waals surface area (Å²) in [5.74, 6) is -0.0176. The zero-order valence-electron chi connectivity index (χ0n) is 10.4. The van der Waals surface area contributed by atoms with Gasteiger partial charge in [0.1, 0.15) is 0 Å². The van der Waals surface area contributed by atoms with Crippen LogP contribution < -0.4 is 10.6 Å². The minimum absolute atomic E-state index is 0.0176. The van der Waals surface area contributed by atoms with E-state index in [9.17, 15) is 9.59 Å². The van der Waals surface area contributed by atoms with Crippen LogP contribution in [0.2, 0.25) is 0 Å². The van der Waals surface area contributed by atoms with Gasteiger partial charge in [0.05, 0.1) is 0 Å². The molecule has 0 fully saturated rings. The molecule has 0 bridgehead atoms. The third kappa shape index (κ3) is 4.26. The topological polar surface area (TPSA) is 58.2 Å². The highest BCUT2D eigenvalue weighted by Crippen LogP contribution is 2.11. The Balaban J connectivity index is 2.65. The molecule has 0 saturated carbocycles. The predicted octanol–water partition coefficient (Wildman–Crippen LogP) is 2.81. The molecule has 0 aromatic heterocycles. The zero-order chi connectivity index (χ0) is 12.8. The highest BCUT2D eigenvalue weighted by molar-refractivity contribution is 5.96. The smallest absolute Gasteiger partial charge is 0.319 e. The third-order valence-electron chi connectivity index (χ3n) is 2.52. The van der Waals surface area contributed by atoms with Gasteiger partial charge in [0.2, 0.25) is 0 Å². The van der Waals surface area contributed by atoms with Crippen LogP contribution in [0.15, 0.2) is 24.3 Å². The van der Waals surface area contributed by atoms with Crippen LogP contribution in [-0.4, -0.2) is 17.9 Å². The van der Waals surface area contributed by atoms with Gasteiger partial charge in [-0.05, 0) is 32.4 Å². The van der Waals surface area contributed by atoms with Crippen molar-refractivity contribution in [3.63, 3.8) is 0 Å². The van der Waals surface area contributed by atoms with E-state index in [1.165, 1.54) is 6.92 Å². The number of rotatable bonds is 4. The number of hydrogen-bond acceptors (Lipinski definition) is 2. The van der Waals surface area contributed by atoms with E-state index >= 15 is 0 Å². The summed E-state index contributed by atoms with van der Waals surface area (Å²) in [4.78, 5) is 22.7. The van der Waals surface area contributed by atoms with Crippen molar-refractivity contribution in [1.29, 1.82) is 0 Å². The Morgan fingerprint density at radius 2 is 2.06 bits per heavy atom. The molecule has 1 aromatic carbocycles. The Labute approximate surface area is 101 Å². The molecule has 1 aromatic rings. The number of carbonyl (C=O) groups excluding carboxylic acids is 2. The summed E-state index contributed by atoms with van der Waals surface area (Å²) in [5, 5.41) is 5.49. The van der Waals surface area contributed by atoms with Crippen LogP contribution in [-0.2, 0) is 0 Å². The number of amides is 2. The minimum Gasteiger partial charge on any atom is -0.335 e. The van der Waals surface area contributed by atoms with E-state index in [1.54, 1.807) is 24.3 Å². The maximum Gasteiger partial charge on any atom is 0.319 e. The quantitative estimate of drug-likeness (QED) is 0.787. The lowest BCUT2D eigenvalue weighted by molar-refractivity contribution is 0.101. The van der Waals surface area contributed by atoms with Crippen molar-refractivity contribution in [2.45, 2.75) is 33.2 Å². The summed E-state index contributed by atoms with van der Waals surface area (Å²) < 4.78 is 0. The molecule has 0 aliphatic carbocycles. The molecular formula is C13H18N2O2. The van der Waals surface area contributed by atoms with Gasteiger partial charge in [0.15, 0.2) is 5.78 Å². The predicted molar refractivity (Wildman–Crippen MR) is 68.4 cm³/mol. The Morgan fingerprint density at radius 1 is 1.35 bits per heavy atom. The number of carbonyl (C=O) groups is 2. The standard InChI is InChI=1S/C13H18N2O2/c1-4-9(2)14-13(17)15-12-7-5-6-11(8-12)10(3)16/h5-9H,4H2,1-3H3,(H2,14,15,17)/t9-/m1/s1. The van der Waals surface area contributed by atoms with Gasteiger partial charge in [0.25, 0.3) is 0 Å². The highest BCUT2D eigenvalue weighted by Gasteiger charge is 2.06. The summed E-state index contributed by atoms with van der Waals surface area (Å²) >= 11 is 0. The van der Waals surface area contributed by atoms with E-state index in [-0.39, 0.29) is 17.9 Å². The number of ketones is 1. The van der Waals surface area contributed by atoms with Crippen LogP contribution in [0.25, 0.3) is 0 Å². The van der Waals surface area contributed by atoms with Crippen LogP contribution in [0, 0.1) is 0 Å². The second-order valence-corrected chi connectivity index (χ2v) is 4.04. The molecule has 0 aliphatic heterocycles. The summed E-state index contributed by atoms with van der Waals surface area (Å²) in [6, 6.07) is 6.77. The number of benzene rings is 1. The Bertz CT molecular complexity index is 416. The van der Waals surface area contributed by atoms with Gasteiger partial charge in [-0.25, -0.2) is 4.79 Å². The molecule has 0 aliphatic rings. The number of urea groups is 1. The van der Waals surface area contributed by atoms with Crippen molar-refractivity contribution in [2.24, 2.45) is 0 Å². The molecule has 2 N–H and O–H groups in total. The number of hydrogen-bond donors (Lipinski definition) is 2. The second-order valence-electron chi connectivity index (χ2n) is 4.04. The largest absolute Gasteiger partial charge is 0.335 e. The molecule has 0 spiro atoms. The van der Waals surface area contributed by atoms with Crippen molar-refractivity contribution in [3.8, 4) is 0 Å². The monoisotopic (exact) mass is 234 g/mol. The van der Waals surface area contributed by atoms with Crippen LogP contribution in [0.1, 0.15) is 37.6 Å². The highest BCUT2D eigenvalue weighted by atomic mass is 16.2. The van der Waals surface area contributed by atoms with E-state index < -0.39 is 0 Å². The summed E-state index contributed by atoms with van der Waals surface area (Å²) in [6.07, 6.45) is 0.876. The fourth-order valence-corrected chi connectivity index (χ4v) is 1.31. The minimum atomic E-state index is -0.250. The molecule has 1 atom stereocenters. The first-order valence-corrected chi connectivity index (χ1v) is 5.71. The number of Topliss-reactive ketones (excluding diaryl/α,β-unsaturated/α-hetero) is 1. The average Bonchev–Trinajstić information content (AvgIpc) is 2.28. The molecule has 2 amide bonds. The molecule has 0 saturated heterocycles. The van der Waals surface area contributed by atoms with Crippen LogP contribution >= 0.6 is 0 Å². The Kier molecular flexibility index (Phi) is 4.69. The van der Waals surface area contributed by atoms with E-state index in [4.69, 9.17) is 0 Å². The van der Waals surface area contributed by atoms with E-state index in [1.807, 2.05) is 13.8 Å². The van der Waals surface area contributed by atoms with Gasteiger partial charge >= 0.3 is 6.03 Å². The number of anilines is 1. The Morgan fingerprint density at radius 3 is 2.65 bits per heavy atom. The first kappa shape index (κ1) is 13.2. The zero-order valence-corrected chi connectivity index (χ0v) is 10.4. The van der Waals surface area contributed by atoms with Gasteiger partial charge in [-0.2, -0.15) is 0 Å². The molecule has 0 unspecified atom stereocenters. The van der Waals surface area contributed by atoms with E-state index in [0.717, 1.165) is 6.42 Å². The lowest BCUT2D eigenvalue weighted by Gasteiger charge is -2.12. The van der Waals surface area contributed by atoms with Crippen molar-refractivity contribution in [3.05, 3.63) is 29.8 Å². The van der Waals surface area contributed by atoms with Gasteiger partial charge in [-0.15, -0.1) is 0 Å². The summed E-state index contributed by atoms with van der Waals surface area (Å²) in [6.45, 7) is 5.44. The molecule has 0 radical (unpaired) electrons. The maximum atomic E-state index is 11.6. The van der Waals surface area contributed by atoms with Gasteiger partial charge in [-0.3, -0.25) is 4.79 Å². The summed E-state index contributed by atoms with van der Waals surface area (Å²) in [7, 11) is 0. The first-order valence-electron chi connectivity index (χ1n) is 5.71. The van der Waals surface area contributed by atoms with Crippen LogP contribution in [0.5, 0.6) is 0 Å². The summed E-state index contributed by atoms with van der Waals surface area (Å²) in [5.41, 5.74) is 1.21. The van der Waals surface area contributed by atoms with Crippen LogP contribution in [0.3, 0.4) is 0 Å². The lowest BCUT2D eigenvalue weighted by Crippen LogP contribution is -2.35. The molecule has 4 nitrogen and oxygen atoms in total. The molecule has 1 rings (SSSR count). The molecule has 0 heterocycles. The molecule has 17 heavy (non-hydrogen) atoms. The van der Waals surface area contributed by atoms with Crippen molar-refractivity contribution < 1.29 is 9.59 Å². The molecule has 92 valence electrons. The fraction of sp³-hybridized carbons (Fsp3) is 0.385. The van der Waals surface area contributed by atoms with Gasteiger partial charge in [-0.1, -0.05) is 19.1 Å². The Hall–Kier alpha value is -1.84. The van der Waals surface area contributed by atoms with Crippen molar-refractivity contribution >= 4 is 17.5 Å². The van der Waals surface area contributed by atoms with Gasteiger partial charge < -0.3 is 10.6 Å². The van der Waals surface area contributed by atoms with E-state index in [0.29, 0.717) is 11.3 Å². The molecular weight excluding hydrogens is 216 g/mol. The van der Waals surface area contributed by atoms with E-state index in [2.05, 4.69) is 10.6 Å². The SMILES string of the molecule is CC[C@@H](C)NC(=O)Nc1cccc(C(C)=O)c1. The molecule has 4 heteroatoms. The second kappa shape index (κ2) is 6.03. The fourth-order valence-electron chi connectivity index (χ4n) is 1.31. The van der Waals surface area contributed by atoms with Crippen molar-refractivity contribution in [1.82, 2.24) is 5.32 Å². The lowest BCUT2D eigenvalue weighted by atomic mass is 10.1. The average molecular weight is 234 g/mol. The first-order chi connectivity index (χ1) is 8.02. The normalized spacial score (nSPS) is 11.7. The van der Waals surface area contributed by atoms with Crippen molar-refractivity contribution in [2.75, 3.05) is 5.32 Å². The van der Waals surface area contributed by atoms with Gasteiger partial charge in [0, 0.05) is 17.3 Å². The number of nitrogens with one attached hydrogen (secondary N) is 2. The van der Waals surface area contributed by atoms with Crippen LogP contribution in [0.4, 0.5) is 10.5 Å².